The van der Waals surface area contributed by atoms with Crippen molar-refractivity contribution in [3.05, 3.63) is 70.7 Å². The van der Waals surface area contributed by atoms with E-state index in [9.17, 15) is 5.11 Å². The van der Waals surface area contributed by atoms with Crippen molar-refractivity contribution in [1.29, 1.82) is 0 Å². The molecule has 0 saturated heterocycles. The van der Waals surface area contributed by atoms with Crippen molar-refractivity contribution in [2.75, 3.05) is 0 Å². The van der Waals surface area contributed by atoms with Crippen LogP contribution in [0.25, 0.3) is 0 Å². The molecule has 3 nitrogen and oxygen atoms in total. The Morgan fingerprint density at radius 2 is 1.71 bits per heavy atom. The molecule has 0 aliphatic rings. The Hall–Kier alpha value is -1.39. The van der Waals surface area contributed by atoms with Gasteiger partial charge in [-0.05, 0) is 24.1 Å². The second-order valence-corrected chi connectivity index (χ2v) is 5.59. The van der Waals surface area contributed by atoms with Gasteiger partial charge in [-0.15, -0.1) is 0 Å². The van der Waals surface area contributed by atoms with Crippen molar-refractivity contribution < 1.29 is 5.11 Å². The van der Waals surface area contributed by atoms with E-state index >= 15 is 0 Å². The maximum absolute atomic E-state index is 9.81. The van der Waals surface area contributed by atoms with E-state index in [2.05, 4.69) is 5.32 Å². The van der Waals surface area contributed by atoms with Crippen LogP contribution in [-0.2, 0) is 6.54 Å². The molecular formula is C17H21ClN2O. The van der Waals surface area contributed by atoms with Gasteiger partial charge in [0.1, 0.15) is 0 Å². The minimum Gasteiger partial charge on any atom is -0.392 e. The van der Waals surface area contributed by atoms with Crippen LogP contribution in [0.3, 0.4) is 0 Å². The Labute approximate surface area is 130 Å². The monoisotopic (exact) mass is 304 g/mol. The molecule has 4 heteroatoms. The summed E-state index contributed by atoms with van der Waals surface area (Å²) in [5.74, 6) is 0. The fraction of sp³-hybridized carbons (Fsp3) is 0.294. The zero-order chi connectivity index (χ0) is 15.2. The SMILES string of the molecule is C[C@@H](O)[C@@H](N)C(NCc1ccccc1Cl)c1ccccc1. The normalized spacial score (nSPS) is 15.4. The Kier molecular flexibility index (Phi) is 5.76. The molecule has 0 fully saturated rings. The summed E-state index contributed by atoms with van der Waals surface area (Å²) >= 11 is 6.18. The van der Waals surface area contributed by atoms with Crippen LogP contribution in [0.4, 0.5) is 0 Å². The summed E-state index contributed by atoms with van der Waals surface area (Å²) in [5, 5.41) is 13.9. The number of rotatable bonds is 6. The molecule has 0 heterocycles. The third-order valence-corrected chi connectivity index (χ3v) is 3.94. The molecule has 0 radical (unpaired) electrons. The van der Waals surface area contributed by atoms with Crippen LogP contribution in [-0.4, -0.2) is 17.3 Å². The first-order valence-corrected chi connectivity index (χ1v) is 7.42. The summed E-state index contributed by atoms with van der Waals surface area (Å²) < 4.78 is 0. The molecule has 0 amide bonds. The van der Waals surface area contributed by atoms with Gasteiger partial charge < -0.3 is 16.2 Å². The average molecular weight is 305 g/mol. The highest BCUT2D eigenvalue weighted by Crippen LogP contribution is 2.20. The van der Waals surface area contributed by atoms with Crippen molar-refractivity contribution in [3.8, 4) is 0 Å². The number of benzene rings is 2. The van der Waals surface area contributed by atoms with Gasteiger partial charge in [0.05, 0.1) is 12.1 Å². The second-order valence-electron chi connectivity index (χ2n) is 5.18. The van der Waals surface area contributed by atoms with Crippen molar-refractivity contribution in [3.63, 3.8) is 0 Å². The van der Waals surface area contributed by atoms with Gasteiger partial charge in [0.25, 0.3) is 0 Å². The summed E-state index contributed by atoms with van der Waals surface area (Å²) in [6.07, 6.45) is -0.603. The molecule has 2 aromatic rings. The maximum Gasteiger partial charge on any atom is 0.0681 e. The van der Waals surface area contributed by atoms with Crippen LogP contribution < -0.4 is 11.1 Å². The number of halogens is 1. The standard InChI is InChI=1S/C17H21ClN2O/c1-12(21)16(19)17(13-7-3-2-4-8-13)20-11-14-9-5-6-10-15(14)18/h2-10,12,16-17,20-21H,11,19H2,1H3/t12-,16-,17?/m1/s1. The Morgan fingerprint density at radius 3 is 2.33 bits per heavy atom. The number of aliphatic hydroxyl groups is 1. The average Bonchev–Trinajstić information content (AvgIpc) is 2.50. The van der Waals surface area contributed by atoms with Crippen molar-refractivity contribution in [2.45, 2.75) is 31.7 Å². The summed E-state index contributed by atoms with van der Waals surface area (Å²) in [7, 11) is 0. The smallest absolute Gasteiger partial charge is 0.0681 e. The predicted molar refractivity (Wildman–Crippen MR) is 87.1 cm³/mol. The zero-order valence-corrected chi connectivity index (χ0v) is 12.8. The molecule has 0 aliphatic carbocycles. The molecule has 0 saturated carbocycles. The van der Waals surface area contributed by atoms with Crippen LogP contribution in [0.2, 0.25) is 5.02 Å². The van der Waals surface area contributed by atoms with Gasteiger partial charge in [0, 0.05) is 17.6 Å². The van der Waals surface area contributed by atoms with Gasteiger partial charge in [-0.1, -0.05) is 60.1 Å². The number of nitrogens with two attached hydrogens (primary N) is 1. The molecule has 0 aliphatic heterocycles. The second kappa shape index (κ2) is 7.57. The third kappa shape index (κ3) is 4.29. The molecule has 3 atom stereocenters. The lowest BCUT2D eigenvalue weighted by Gasteiger charge is -2.28. The van der Waals surface area contributed by atoms with Gasteiger partial charge in [-0.3, -0.25) is 0 Å². The van der Waals surface area contributed by atoms with Gasteiger partial charge in [0.15, 0.2) is 0 Å². The number of hydrogen-bond donors (Lipinski definition) is 3. The molecule has 2 aromatic carbocycles. The fourth-order valence-electron chi connectivity index (χ4n) is 2.28. The van der Waals surface area contributed by atoms with Gasteiger partial charge in [0.2, 0.25) is 0 Å². The maximum atomic E-state index is 9.81. The lowest BCUT2D eigenvalue weighted by molar-refractivity contribution is 0.142. The van der Waals surface area contributed by atoms with Crippen LogP contribution >= 0.6 is 11.6 Å². The highest BCUT2D eigenvalue weighted by atomic mass is 35.5. The summed E-state index contributed by atoms with van der Waals surface area (Å²) in [5.41, 5.74) is 8.22. The number of hydrogen-bond acceptors (Lipinski definition) is 3. The predicted octanol–water partition coefficient (Wildman–Crippen LogP) is 2.88. The van der Waals surface area contributed by atoms with E-state index in [1.54, 1.807) is 6.92 Å². The topological polar surface area (TPSA) is 58.3 Å². The zero-order valence-electron chi connectivity index (χ0n) is 12.0. The van der Waals surface area contributed by atoms with E-state index in [-0.39, 0.29) is 6.04 Å². The largest absolute Gasteiger partial charge is 0.392 e. The number of aliphatic hydroxyl groups excluding tert-OH is 1. The molecule has 0 aromatic heterocycles. The van der Waals surface area contributed by atoms with E-state index < -0.39 is 12.1 Å². The van der Waals surface area contributed by atoms with E-state index in [4.69, 9.17) is 17.3 Å². The van der Waals surface area contributed by atoms with Gasteiger partial charge in [-0.25, -0.2) is 0 Å². The lowest BCUT2D eigenvalue weighted by Crippen LogP contribution is -2.44. The fourth-order valence-corrected chi connectivity index (χ4v) is 2.48. The van der Waals surface area contributed by atoms with Crippen LogP contribution in [0.15, 0.2) is 54.6 Å². The molecule has 21 heavy (non-hydrogen) atoms. The Balaban J connectivity index is 2.15. The molecule has 112 valence electrons. The van der Waals surface area contributed by atoms with Crippen molar-refractivity contribution >= 4 is 11.6 Å². The molecule has 1 unspecified atom stereocenters. The highest BCUT2D eigenvalue weighted by molar-refractivity contribution is 6.31. The molecule has 2 rings (SSSR count). The van der Waals surface area contributed by atoms with E-state index in [0.29, 0.717) is 6.54 Å². The minimum atomic E-state index is -0.603. The molecule has 4 N–H and O–H groups in total. The van der Waals surface area contributed by atoms with Crippen LogP contribution in [0.5, 0.6) is 0 Å². The van der Waals surface area contributed by atoms with Crippen LogP contribution in [0.1, 0.15) is 24.1 Å². The first-order valence-electron chi connectivity index (χ1n) is 7.05. The minimum absolute atomic E-state index is 0.137. The number of nitrogens with one attached hydrogen (secondary N) is 1. The first-order chi connectivity index (χ1) is 10.1. The summed E-state index contributed by atoms with van der Waals surface area (Å²) in [6, 6.07) is 17.1. The van der Waals surface area contributed by atoms with E-state index in [0.717, 1.165) is 16.1 Å². The van der Waals surface area contributed by atoms with E-state index in [1.807, 2.05) is 54.6 Å². The summed E-state index contributed by atoms with van der Waals surface area (Å²) in [4.78, 5) is 0. The lowest BCUT2D eigenvalue weighted by atomic mass is 9.96. The molecular weight excluding hydrogens is 284 g/mol. The highest BCUT2D eigenvalue weighted by Gasteiger charge is 2.23. The van der Waals surface area contributed by atoms with Gasteiger partial charge >= 0.3 is 0 Å². The quantitative estimate of drug-likeness (QED) is 0.769. The van der Waals surface area contributed by atoms with E-state index in [1.165, 1.54) is 0 Å². The molecule has 0 spiro atoms. The van der Waals surface area contributed by atoms with Crippen molar-refractivity contribution in [2.24, 2.45) is 5.73 Å². The Morgan fingerprint density at radius 1 is 1.10 bits per heavy atom. The molecule has 0 bridgehead atoms. The third-order valence-electron chi connectivity index (χ3n) is 3.57. The Bertz CT molecular complexity index is 560. The van der Waals surface area contributed by atoms with Crippen LogP contribution in [0, 0.1) is 0 Å². The summed E-state index contributed by atoms with van der Waals surface area (Å²) in [6.45, 7) is 2.30. The first kappa shape index (κ1) is 16.0. The van der Waals surface area contributed by atoms with Crippen molar-refractivity contribution in [1.82, 2.24) is 5.32 Å². The van der Waals surface area contributed by atoms with Gasteiger partial charge in [-0.2, -0.15) is 0 Å².